The predicted molar refractivity (Wildman–Crippen MR) is 80.7 cm³/mol. The van der Waals surface area contributed by atoms with Crippen LogP contribution in [-0.2, 0) is 11.3 Å². The molecular weight excluding hydrogens is 272 g/mol. The largest absolute Gasteiger partial charge is 0.496 e. The molecule has 0 unspecified atom stereocenters. The normalized spacial score (nSPS) is 11.9. The summed E-state index contributed by atoms with van der Waals surface area (Å²) in [7, 11) is 3.34. The summed E-state index contributed by atoms with van der Waals surface area (Å²) in [4.78, 5) is 15.2. The molecule has 0 saturated heterocycles. The van der Waals surface area contributed by atoms with Crippen molar-refractivity contribution in [2.75, 3.05) is 14.2 Å². The van der Waals surface area contributed by atoms with Crippen LogP contribution in [0, 0.1) is 0 Å². The first-order chi connectivity index (χ1) is 9.63. The summed E-state index contributed by atoms with van der Waals surface area (Å²) in [5.74, 6) is 0.515. The highest BCUT2D eigenvalue weighted by Gasteiger charge is 2.22. The second-order valence-corrected chi connectivity index (χ2v) is 5.53. The number of likely N-dealkylation sites (N-methyl/N-ethyl adjacent to an activating group) is 1. The second-order valence-electron chi connectivity index (χ2n) is 4.49. The van der Waals surface area contributed by atoms with Gasteiger partial charge in [0.2, 0.25) is 5.91 Å². The van der Waals surface area contributed by atoms with E-state index in [1.807, 2.05) is 41.8 Å². The van der Waals surface area contributed by atoms with Gasteiger partial charge in [0.1, 0.15) is 11.8 Å². The zero-order valence-electron chi connectivity index (χ0n) is 11.6. The number of thiophene rings is 1. The number of nitrogens with zero attached hydrogens (tertiary/aromatic N) is 1. The Kier molecular flexibility index (Phi) is 4.76. The van der Waals surface area contributed by atoms with E-state index < -0.39 is 6.04 Å². The summed E-state index contributed by atoms with van der Waals surface area (Å²) < 4.78 is 5.25. The van der Waals surface area contributed by atoms with Gasteiger partial charge in [0.25, 0.3) is 0 Å². The van der Waals surface area contributed by atoms with Crippen molar-refractivity contribution in [3.63, 3.8) is 0 Å². The van der Waals surface area contributed by atoms with Gasteiger partial charge in [-0.15, -0.1) is 11.3 Å². The third-order valence-electron chi connectivity index (χ3n) is 3.09. The quantitative estimate of drug-likeness (QED) is 0.920. The van der Waals surface area contributed by atoms with Crippen molar-refractivity contribution in [2.45, 2.75) is 12.6 Å². The number of ether oxygens (including phenoxy) is 1. The maximum Gasteiger partial charge on any atom is 0.244 e. The first-order valence-electron chi connectivity index (χ1n) is 6.29. The molecule has 1 aromatic carbocycles. The molecule has 1 amide bonds. The molecule has 2 aromatic rings. The van der Waals surface area contributed by atoms with Gasteiger partial charge in [-0.1, -0.05) is 24.3 Å². The van der Waals surface area contributed by atoms with Crippen molar-refractivity contribution in [1.82, 2.24) is 4.90 Å². The minimum Gasteiger partial charge on any atom is -0.496 e. The number of carbonyl (C=O) groups excluding carboxylic acids is 1. The lowest BCUT2D eigenvalue weighted by molar-refractivity contribution is -0.131. The van der Waals surface area contributed by atoms with Gasteiger partial charge in [0.05, 0.1) is 13.7 Å². The van der Waals surface area contributed by atoms with E-state index in [1.54, 1.807) is 30.4 Å². The number of benzene rings is 1. The zero-order chi connectivity index (χ0) is 14.5. The van der Waals surface area contributed by atoms with Crippen LogP contribution in [-0.4, -0.2) is 25.0 Å². The number of carbonyl (C=O) groups is 1. The Bertz CT molecular complexity index is 569. The molecule has 0 radical (unpaired) electrons. The molecule has 0 spiro atoms. The number of amides is 1. The molecule has 20 heavy (non-hydrogen) atoms. The number of methoxy groups -OCH3 is 1. The van der Waals surface area contributed by atoms with Crippen LogP contribution in [0.3, 0.4) is 0 Å². The van der Waals surface area contributed by atoms with Crippen LogP contribution in [0.1, 0.15) is 16.5 Å². The third kappa shape index (κ3) is 3.18. The van der Waals surface area contributed by atoms with Crippen molar-refractivity contribution < 1.29 is 9.53 Å². The van der Waals surface area contributed by atoms with E-state index in [1.165, 1.54) is 0 Å². The highest BCUT2D eigenvalue weighted by molar-refractivity contribution is 7.09. The van der Waals surface area contributed by atoms with E-state index in [9.17, 15) is 4.79 Å². The third-order valence-corrected chi connectivity index (χ3v) is 3.95. The molecule has 1 aromatic heterocycles. The second kappa shape index (κ2) is 6.54. The van der Waals surface area contributed by atoms with E-state index >= 15 is 0 Å². The van der Waals surface area contributed by atoms with Crippen molar-refractivity contribution >= 4 is 17.2 Å². The minimum atomic E-state index is -0.712. The average Bonchev–Trinajstić information content (AvgIpc) is 2.98. The highest BCUT2D eigenvalue weighted by atomic mass is 32.1. The Morgan fingerprint density at radius 3 is 2.75 bits per heavy atom. The molecule has 0 saturated carbocycles. The Morgan fingerprint density at radius 1 is 1.35 bits per heavy atom. The Hall–Kier alpha value is -1.85. The van der Waals surface area contributed by atoms with Crippen molar-refractivity contribution in [3.05, 3.63) is 52.2 Å². The first-order valence-corrected chi connectivity index (χ1v) is 7.17. The molecular formula is C15H18N2O2S. The van der Waals surface area contributed by atoms with Gasteiger partial charge in [0, 0.05) is 17.5 Å². The molecule has 4 nitrogen and oxygen atoms in total. The van der Waals surface area contributed by atoms with Crippen LogP contribution >= 0.6 is 11.3 Å². The summed E-state index contributed by atoms with van der Waals surface area (Å²) in [6.45, 7) is 0.569. The van der Waals surface area contributed by atoms with Crippen LogP contribution in [0.5, 0.6) is 5.75 Å². The Balaban J connectivity index is 2.11. The summed E-state index contributed by atoms with van der Waals surface area (Å²) in [5, 5.41) is 1.99. The van der Waals surface area contributed by atoms with Crippen LogP contribution in [0.2, 0.25) is 0 Å². The van der Waals surface area contributed by atoms with Crippen molar-refractivity contribution in [2.24, 2.45) is 5.73 Å². The zero-order valence-corrected chi connectivity index (χ0v) is 12.4. The van der Waals surface area contributed by atoms with E-state index in [-0.39, 0.29) is 5.91 Å². The average molecular weight is 290 g/mol. The first kappa shape index (κ1) is 14.6. The summed E-state index contributed by atoms with van der Waals surface area (Å²) in [5.41, 5.74) is 6.78. The van der Waals surface area contributed by atoms with E-state index in [2.05, 4.69) is 0 Å². The maximum absolute atomic E-state index is 12.4. The number of nitrogens with two attached hydrogens (primary N) is 1. The van der Waals surface area contributed by atoms with Gasteiger partial charge in [-0.05, 0) is 17.5 Å². The molecule has 0 bridgehead atoms. The molecule has 1 atom stereocenters. The van der Waals surface area contributed by atoms with Crippen LogP contribution < -0.4 is 10.5 Å². The van der Waals surface area contributed by atoms with Crippen LogP contribution in [0.15, 0.2) is 41.8 Å². The molecule has 0 fully saturated rings. The monoisotopic (exact) mass is 290 g/mol. The summed E-state index contributed by atoms with van der Waals surface area (Å²) >= 11 is 1.62. The topological polar surface area (TPSA) is 55.6 Å². The lowest BCUT2D eigenvalue weighted by Crippen LogP contribution is -2.35. The van der Waals surface area contributed by atoms with Gasteiger partial charge in [-0.25, -0.2) is 0 Å². The Morgan fingerprint density at radius 2 is 2.10 bits per heavy atom. The highest BCUT2D eigenvalue weighted by Crippen LogP contribution is 2.24. The fourth-order valence-electron chi connectivity index (χ4n) is 2.01. The van der Waals surface area contributed by atoms with Crippen molar-refractivity contribution in [1.29, 1.82) is 0 Å². The van der Waals surface area contributed by atoms with Gasteiger partial charge in [0.15, 0.2) is 0 Å². The summed E-state index contributed by atoms with van der Waals surface area (Å²) in [6, 6.07) is 10.6. The fraction of sp³-hybridized carbons (Fsp3) is 0.267. The molecule has 2 N–H and O–H groups in total. The van der Waals surface area contributed by atoms with Crippen LogP contribution in [0.25, 0.3) is 0 Å². The van der Waals surface area contributed by atoms with Gasteiger partial charge in [-0.2, -0.15) is 0 Å². The summed E-state index contributed by atoms with van der Waals surface area (Å²) in [6.07, 6.45) is 0. The molecule has 0 aliphatic rings. The number of hydrogen-bond donors (Lipinski definition) is 1. The molecule has 1 heterocycles. The molecule has 106 valence electrons. The standard InChI is InChI=1S/C15H18N2O2S/c1-17(10-11-6-5-9-20-11)15(18)14(16)12-7-3-4-8-13(12)19-2/h3-9,14H,10,16H2,1-2H3/t14-/m0/s1. The van der Waals surface area contributed by atoms with Crippen molar-refractivity contribution in [3.8, 4) is 5.75 Å². The lowest BCUT2D eigenvalue weighted by atomic mass is 10.1. The van der Waals surface area contributed by atoms with Crippen LogP contribution in [0.4, 0.5) is 0 Å². The predicted octanol–water partition coefficient (Wildman–Crippen LogP) is 2.42. The minimum absolute atomic E-state index is 0.122. The molecule has 0 aliphatic heterocycles. The number of para-hydroxylation sites is 1. The number of rotatable bonds is 5. The van der Waals surface area contributed by atoms with E-state index in [0.29, 0.717) is 17.9 Å². The molecule has 5 heteroatoms. The lowest BCUT2D eigenvalue weighted by Gasteiger charge is -2.22. The smallest absolute Gasteiger partial charge is 0.244 e. The van der Waals surface area contributed by atoms with E-state index in [4.69, 9.17) is 10.5 Å². The van der Waals surface area contributed by atoms with Gasteiger partial charge < -0.3 is 15.4 Å². The molecule has 0 aliphatic carbocycles. The number of hydrogen-bond acceptors (Lipinski definition) is 4. The van der Waals surface area contributed by atoms with Gasteiger partial charge in [-0.3, -0.25) is 4.79 Å². The van der Waals surface area contributed by atoms with Gasteiger partial charge >= 0.3 is 0 Å². The molecule has 2 rings (SSSR count). The SMILES string of the molecule is COc1ccccc1[C@H](N)C(=O)N(C)Cc1cccs1. The fourth-order valence-corrected chi connectivity index (χ4v) is 2.77. The Labute approximate surface area is 122 Å². The maximum atomic E-state index is 12.4. The van der Waals surface area contributed by atoms with E-state index in [0.717, 1.165) is 4.88 Å².